The van der Waals surface area contributed by atoms with Gasteiger partial charge in [0.2, 0.25) is 5.76 Å². The maximum atomic E-state index is 12.6. The van der Waals surface area contributed by atoms with Crippen LogP contribution in [0.5, 0.6) is 0 Å². The Morgan fingerprint density at radius 1 is 1.52 bits per heavy atom. The van der Waals surface area contributed by atoms with Crippen LogP contribution in [-0.2, 0) is 6.18 Å². The first-order chi connectivity index (χ1) is 9.88. The van der Waals surface area contributed by atoms with Gasteiger partial charge >= 0.3 is 6.18 Å². The Balaban J connectivity index is 1.84. The van der Waals surface area contributed by atoms with Crippen LogP contribution in [-0.4, -0.2) is 37.0 Å². The summed E-state index contributed by atoms with van der Waals surface area (Å²) in [6, 6.07) is 1.04. The average molecular weight is 304 g/mol. The largest absolute Gasteiger partial charge is 0.459 e. The maximum Gasteiger partial charge on any atom is 0.450 e. The van der Waals surface area contributed by atoms with Crippen molar-refractivity contribution in [2.45, 2.75) is 25.9 Å². The fourth-order valence-electron chi connectivity index (χ4n) is 2.62. The van der Waals surface area contributed by atoms with Gasteiger partial charge in [-0.1, -0.05) is 6.92 Å². The van der Waals surface area contributed by atoms with Gasteiger partial charge in [-0.05, 0) is 31.4 Å². The molecule has 2 heterocycles. The Labute approximate surface area is 121 Å². The highest BCUT2D eigenvalue weighted by Crippen LogP contribution is 2.32. The number of alkyl halides is 3. The molecule has 0 bridgehead atoms. The lowest BCUT2D eigenvalue weighted by atomic mass is 10.0. The summed E-state index contributed by atoms with van der Waals surface area (Å²) in [5, 5.41) is 2.52. The number of nitrogens with zero attached hydrogens (tertiary/aromatic N) is 1. The zero-order valence-electron chi connectivity index (χ0n) is 11.9. The number of furan rings is 1. The number of amides is 1. The number of likely N-dealkylation sites (tertiary alicyclic amines) is 1. The van der Waals surface area contributed by atoms with Crippen LogP contribution in [0.15, 0.2) is 16.7 Å². The van der Waals surface area contributed by atoms with Crippen molar-refractivity contribution >= 4 is 5.91 Å². The lowest BCUT2D eigenvalue weighted by Gasteiger charge is -2.30. The van der Waals surface area contributed by atoms with Crippen LogP contribution in [0.3, 0.4) is 0 Å². The van der Waals surface area contributed by atoms with Crippen molar-refractivity contribution in [1.82, 2.24) is 10.2 Å². The second-order valence-corrected chi connectivity index (χ2v) is 5.47. The molecule has 1 amide bonds. The average Bonchev–Trinajstić information content (AvgIpc) is 2.88. The summed E-state index contributed by atoms with van der Waals surface area (Å²) in [6.07, 6.45) is -1.45. The number of hydrogen-bond donors (Lipinski definition) is 1. The van der Waals surface area contributed by atoms with E-state index < -0.39 is 23.4 Å². The minimum absolute atomic E-state index is 0.327. The highest BCUT2D eigenvalue weighted by molar-refractivity contribution is 5.95. The Bertz CT molecular complexity index is 485. The van der Waals surface area contributed by atoms with Crippen LogP contribution in [0.4, 0.5) is 13.2 Å². The first-order valence-electron chi connectivity index (χ1n) is 7.03. The van der Waals surface area contributed by atoms with Crippen LogP contribution in [0.1, 0.15) is 35.9 Å². The predicted octanol–water partition coefficient (Wildman–Crippen LogP) is 2.76. The molecule has 1 unspecified atom stereocenters. The molecule has 118 valence electrons. The summed E-state index contributed by atoms with van der Waals surface area (Å²) in [5.74, 6) is -1.37. The number of piperidine rings is 1. The van der Waals surface area contributed by atoms with Crippen molar-refractivity contribution in [2.24, 2.45) is 5.92 Å². The van der Waals surface area contributed by atoms with Gasteiger partial charge in [0, 0.05) is 19.6 Å². The molecule has 1 saturated heterocycles. The van der Waals surface area contributed by atoms with Crippen molar-refractivity contribution in [1.29, 1.82) is 0 Å². The molecule has 0 aliphatic carbocycles. The molecule has 0 radical (unpaired) electrons. The van der Waals surface area contributed by atoms with Gasteiger partial charge in [0.05, 0.1) is 11.8 Å². The van der Waals surface area contributed by atoms with E-state index in [4.69, 9.17) is 0 Å². The van der Waals surface area contributed by atoms with E-state index in [0.29, 0.717) is 19.0 Å². The molecular formula is C14H19F3N2O2. The number of halogens is 3. The molecule has 1 aromatic rings. The van der Waals surface area contributed by atoms with Gasteiger partial charge in [-0.3, -0.25) is 4.79 Å². The molecule has 1 fully saturated rings. The van der Waals surface area contributed by atoms with E-state index in [1.54, 1.807) is 0 Å². The minimum atomic E-state index is -4.65. The Morgan fingerprint density at radius 2 is 2.29 bits per heavy atom. The summed E-state index contributed by atoms with van der Waals surface area (Å²) >= 11 is 0. The van der Waals surface area contributed by atoms with Gasteiger partial charge in [0.15, 0.2) is 0 Å². The van der Waals surface area contributed by atoms with E-state index >= 15 is 0 Å². The Kier molecular flexibility index (Phi) is 4.92. The van der Waals surface area contributed by atoms with Gasteiger partial charge in [-0.25, -0.2) is 0 Å². The molecule has 1 atom stereocenters. The molecule has 21 heavy (non-hydrogen) atoms. The molecule has 1 aliphatic rings. The number of carbonyl (C=O) groups excluding carboxylic acids is 1. The first-order valence-corrected chi connectivity index (χ1v) is 7.03. The molecule has 4 nitrogen and oxygen atoms in total. The summed E-state index contributed by atoms with van der Waals surface area (Å²) in [7, 11) is 0. The molecule has 1 aromatic heterocycles. The fourth-order valence-corrected chi connectivity index (χ4v) is 2.62. The van der Waals surface area contributed by atoms with Gasteiger partial charge in [0.25, 0.3) is 5.91 Å². The van der Waals surface area contributed by atoms with E-state index in [2.05, 4.69) is 21.6 Å². The summed E-state index contributed by atoms with van der Waals surface area (Å²) in [4.78, 5) is 14.0. The van der Waals surface area contributed by atoms with Crippen molar-refractivity contribution in [3.8, 4) is 0 Å². The second-order valence-electron chi connectivity index (χ2n) is 5.47. The number of rotatable bonds is 4. The van der Waals surface area contributed by atoms with Gasteiger partial charge in [0.1, 0.15) is 0 Å². The zero-order chi connectivity index (χ0) is 15.5. The minimum Gasteiger partial charge on any atom is -0.459 e. The first kappa shape index (κ1) is 15.9. The monoisotopic (exact) mass is 304 g/mol. The van der Waals surface area contributed by atoms with E-state index in [1.807, 2.05) is 0 Å². The van der Waals surface area contributed by atoms with Gasteiger partial charge in [-0.15, -0.1) is 0 Å². The standard InChI is InChI=1S/C14H19F3N2O2/c1-10-3-2-6-19(9-10)7-5-18-13(20)11-4-8-21-12(11)14(15,16)17/h4,8,10H,2-3,5-7,9H2,1H3,(H,18,20). The molecule has 0 aromatic carbocycles. The SMILES string of the molecule is CC1CCCN(CCNC(=O)c2ccoc2C(F)(F)F)C1. The van der Waals surface area contributed by atoms with Crippen molar-refractivity contribution in [2.75, 3.05) is 26.2 Å². The van der Waals surface area contributed by atoms with Gasteiger partial charge < -0.3 is 14.6 Å². The van der Waals surface area contributed by atoms with Crippen LogP contribution >= 0.6 is 0 Å². The molecule has 0 spiro atoms. The number of nitrogens with one attached hydrogen (secondary N) is 1. The maximum absolute atomic E-state index is 12.6. The molecule has 7 heteroatoms. The quantitative estimate of drug-likeness (QED) is 0.930. The molecule has 1 N–H and O–H groups in total. The van der Waals surface area contributed by atoms with Crippen LogP contribution in [0.25, 0.3) is 0 Å². The lowest BCUT2D eigenvalue weighted by Crippen LogP contribution is -2.40. The second kappa shape index (κ2) is 6.51. The normalized spacial score (nSPS) is 20.5. The van der Waals surface area contributed by atoms with E-state index in [9.17, 15) is 18.0 Å². The molecule has 2 rings (SSSR count). The molecular weight excluding hydrogens is 285 g/mol. The molecule has 0 saturated carbocycles. The van der Waals surface area contributed by atoms with Crippen LogP contribution in [0.2, 0.25) is 0 Å². The van der Waals surface area contributed by atoms with Crippen molar-refractivity contribution in [3.63, 3.8) is 0 Å². The van der Waals surface area contributed by atoms with Crippen molar-refractivity contribution < 1.29 is 22.4 Å². The Hall–Kier alpha value is -1.50. The Morgan fingerprint density at radius 3 is 2.95 bits per heavy atom. The third-order valence-electron chi connectivity index (χ3n) is 3.62. The summed E-state index contributed by atoms with van der Waals surface area (Å²) < 4.78 is 42.2. The van der Waals surface area contributed by atoms with Crippen molar-refractivity contribution in [3.05, 3.63) is 23.7 Å². The summed E-state index contributed by atoms with van der Waals surface area (Å²) in [6.45, 7) is 5.09. The number of hydrogen-bond acceptors (Lipinski definition) is 3. The topological polar surface area (TPSA) is 45.5 Å². The third kappa shape index (κ3) is 4.23. The zero-order valence-corrected chi connectivity index (χ0v) is 11.9. The van der Waals surface area contributed by atoms with Crippen LogP contribution < -0.4 is 5.32 Å². The fraction of sp³-hybridized carbons (Fsp3) is 0.643. The van der Waals surface area contributed by atoms with E-state index in [1.165, 1.54) is 6.42 Å². The third-order valence-corrected chi connectivity index (χ3v) is 3.62. The molecule has 1 aliphatic heterocycles. The van der Waals surface area contributed by atoms with E-state index in [-0.39, 0.29) is 0 Å². The van der Waals surface area contributed by atoms with E-state index in [0.717, 1.165) is 31.8 Å². The number of carbonyl (C=O) groups is 1. The summed E-state index contributed by atoms with van der Waals surface area (Å²) in [5.41, 5.74) is -0.463. The highest BCUT2D eigenvalue weighted by atomic mass is 19.4. The smallest absolute Gasteiger partial charge is 0.450 e. The van der Waals surface area contributed by atoms with Crippen LogP contribution in [0, 0.1) is 5.92 Å². The highest BCUT2D eigenvalue weighted by Gasteiger charge is 2.39. The van der Waals surface area contributed by atoms with Gasteiger partial charge in [-0.2, -0.15) is 13.2 Å². The lowest BCUT2D eigenvalue weighted by molar-refractivity contribution is -0.153. The predicted molar refractivity (Wildman–Crippen MR) is 70.9 cm³/mol.